The van der Waals surface area contributed by atoms with Gasteiger partial charge < -0.3 is 4.90 Å². The van der Waals surface area contributed by atoms with E-state index < -0.39 is 0 Å². The van der Waals surface area contributed by atoms with Crippen LogP contribution in [0.5, 0.6) is 0 Å². The summed E-state index contributed by atoms with van der Waals surface area (Å²) in [7, 11) is 2.08. The molecule has 0 amide bonds. The van der Waals surface area contributed by atoms with E-state index in [1.165, 1.54) is 4.91 Å². The average Bonchev–Trinajstić information content (AvgIpc) is 3.19. The fourth-order valence-corrected chi connectivity index (χ4v) is 3.81. The van der Waals surface area contributed by atoms with E-state index in [0.29, 0.717) is 0 Å². The second kappa shape index (κ2) is 7.51. The molecule has 0 saturated carbocycles. The Morgan fingerprint density at radius 3 is 2.24 bits per heavy atom. The zero-order valence-electron chi connectivity index (χ0n) is 14.0. The van der Waals surface area contributed by atoms with Crippen LogP contribution in [-0.4, -0.2) is 28.4 Å². The summed E-state index contributed by atoms with van der Waals surface area (Å²) in [4.78, 5) is 3.47. The van der Waals surface area contributed by atoms with Crippen LogP contribution < -0.4 is 10.5 Å². The first-order chi connectivity index (χ1) is 11.7. The SMILES string of the molecule is Br.CC1=CN(C)C(N2NC(c3ccccc3)=NN2c2ccccc2)S1. The van der Waals surface area contributed by atoms with Gasteiger partial charge in [0.1, 0.15) is 0 Å². The summed E-state index contributed by atoms with van der Waals surface area (Å²) >= 11 is 1.80. The maximum atomic E-state index is 4.82. The number of nitrogens with zero attached hydrogens (tertiary/aromatic N) is 4. The van der Waals surface area contributed by atoms with Crippen molar-refractivity contribution in [2.75, 3.05) is 12.2 Å². The fraction of sp³-hybridized carbons (Fsp3) is 0.167. The molecule has 0 radical (unpaired) electrons. The van der Waals surface area contributed by atoms with Crippen LogP contribution in [0, 0.1) is 0 Å². The zero-order chi connectivity index (χ0) is 16.5. The quantitative estimate of drug-likeness (QED) is 0.816. The minimum absolute atomic E-state index is 0. The number of nitrogens with one attached hydrogen (secondary N) is 1. The molecule has 0 saturated heterocycles. The molecule has 2 aromatic carbocycles. The van der Waals surface area contributed by atoms with E-state index in [2.05, 4.69) is 59.9 Å². The van der Waals surface area contributed by atoms with Gasteiger partial charge in [-0.2, -0.15) is 5.12 Å². The first-order valence-electron chi connectivity index (χ1n) is 7.84. The Morgan fingerprint density at radius 1 is 1.00 bits per heavy atom. The Morgan fingerprint density at radius 2 is 1.64 bits per heavy atom. The molecule has 25 heavy (non-hydrogen) atoms. The summed E-state index contributed by atoms with van der Waals surface area (Å²) in [6.45, 7) is 2.13. The first kappa shape index (κ1) is 17.8. The van der Waals surface area contributed by atoms with Crippen LogP contribution in [0.4, 0.5) is 5.69 Å². The van der Waals surface area contributed by atoms with Gasteiger partial charge in [0.05, 0.1) is 5.69 Å². The van der Waals surface area contributed by atoms with Crippen LogP contribution in [0.25, 0.3) is 0 Å². The first-order valence-corrected chi connectivity index (χ1v) is 8.72. The van der Waals surface area contributed by atoms with E-state index in [1.54, 1.807) is 11.8 Å². The molecule has 0 aromatic heterocycles. The van der Waals surface area contributed by atoms with Crippen LogP contribution in [0.1, 0.15) is 12.5 Å². The molecule has 0 aliphatic carbocycles. The molecule has 7 heteroatoms. The normalized spacial score (nSPS) is 20.0. The lowest BCUT2D eigenvalue weighted by Gasteiger charge is -2.34. The molecule has 0 spiro atoms. The Hall–Kier alpha value is -1.96. The summed E-state index contributed by atoms with van der Waals surface area (Å²) in [5.74, 6) is 0.845. The molecule has 0 bridgehead atoms. The number of hydrazone groups is 1. The topological polar surface area (TPSA) is 34.1 Å². The minimum Gasteiger partial charge on any atom is -0.353 e. The molecule has 2 heterocycles. The van der Waals surface area contributed by atoms with E-state index >= 15 is 0 Å². The second-order valence-electron chi connectivity index (χ2n) is 5.75. The van der Waals surface area contributed by atoms with Gasteiger partial charge in [-0.25, -0.2) is 0 Å². The smallest absolute Gasteiger partial charge is 0.173 e. The number of para-hydroxylation sites is 1. The van der Waals surface area contributed by atoms with Crippen molar-refractivity contribution in [3.63, 3.8) is 0 Å². The number of hydrogen-bond acceptors (Lipinski definition) is 6. The molecule has 1 atom stereocenters. The van der Waals surface area contributed by atoms with Gasteiger partial charge in [-0.3, -0.25) is 5.43 Å². The fourth-order valence-electron chi connectivity index (χ4n) is 2.78. The lowest BCUT2D eigenvalue weighted by atomic mass is 10.2. The molecular weight excluding hydrogens is 398 g/mol. The van der Waals surface area contributed by atoms with E-state index in [4.69, 9.17) is 5.10 Å². The number of anilines is 1. The van der Waals surface area contributed by atoms with E-state index in [-0.39, 0.29) is 22.5 Å². The van der Waals surface area contributed by atoms with E-state index in [9.17, 15) is 0 Å². The third-order valence-electron chi connectivity index (χ3n) is 3.89. The van der Waals surface area contributed by atoms with E-state index in [1.807, 2.05) is 41.5 Å². The highest BCUT2D eigenvalue weighted by Crippen LogP contribution is 2.35. The predicted molar refractivity (Wildman–Crippen MR) is 110 cm³/mol. The van der Waals surface area contributed by atoms with Crippen molar-refractivity contribution < 1.29 is 0 Å². The predicted octanol–water partition coefficient (Wildman–Crippen LogP) is 3.99. The molecule has 5 nitrogen and oxygen atoms in total. The summed E-state index contributed by atoms with van der Waals surface area (Å²) < 4.78 is 0. The van der Waals surface area contributed by atoms with Crippen molar-refractivity contribution >= 4 is 40.3 Å². The molecular formula is C18H20BrN5S. The summed E-state index contributed by atoms with van der Waals surface area (Å²) in [6, 6.07) is 20.4. The highest BCUT2D eigenvalue weighted by Gasteiger charge is 2.36. The van der Waals surface area contributed by atoms with Crippen molar-refractivity contribution in [2.24, 2.45) is 5.10 Å². The molecule has 2 aliphatic heterocycles. The molecule has 0 fully saturated rings. The van der Waals surface area contributed by atoms with Crippen molar-refractivity contribution in [1.29, 1.82) is 0 Å². The van der Waals surface area contributed by atoms with Crippen LogP contribution in [0.3, 0.4) is 0 Å². The molecule has 4 rings (SSSR count). The number of halogens is 1. The van der Waals surface area contributed by atoms with Crippen molar-refractivity contribution in [2.45, 2.75) is 12.4 Å². The standard InChI is InChI=1S/C18H19N5S.BrH/c1-14-13-21(2)18(24-14)23-20-17(15-9-5-3-6-10-15)19-22(23)16-11-7-4-8-12-16;/h3-13,18H,1-2H3,(H,19,20);1H. The molecule has 2 aromatic rings. The van der Waals surface area contributed by atoms with Gasteiger partial charge in [0.25, 0.3) is 0 Å². The lowest BCUT2D eigenvalue weighted by molar-refractivity contribution is 0.136. The minimum atomic E-state index is 0. The Kier molecular flexibility index (Phi) is 5.36. The third-order valence-corrected chi connectivity index (χ3v) is 5.11. The summed E-state index contributed by atoms with van der Waals surface area (Å²) in [5, 5.41) is 8.81. The molecule has 130 valence electrons. The van der Waals surface area contributed by atoms with Gasteiger partial charge in [0.2, 0.25) is 0 Å². The van der Waals surface area contributed by atoms with Gasteiger partial charge >= 0.3 is 0 Å². The number of thioether (sulfide) groups is 1. The monoisotopic (exact) mass is 417 g/mol. The van der Waals surface area contributed by atoms with E-state index in [0.717, 1.165) is 17.1 Å². The molecule has 2 aliphatic rings. The van der Waals surface area contributed by atoms with Gasteiger partial charge in [-0.05, 0) is 19.1 Å². The zero-order valence-corrected chi connectivity index (χ0v) is 16.6. The average molecular weight is 418 g/mol. The summed E-state index contributed by atoms with van der Waals surface area (Å²) in [5.41, 5.74) is 5.66. The van der Waals surface area contributed by atoms with Crippen molar-refractivity contribution in [3.05, 3.63) is 77.3 Å². The van der Waals surface area contributed by atoms with Crippen molar-refractivity contribution in [1.82, 2.24) is 15.4 Å². The maximum absolute atomic E-state index is 4.82. The number of allylic oxidation sites excluding steroid dienone is 1. The largest absolute Gasteiger partial charge is 0.353 e. The highest BCUT2D eigenvalue weighted by atomic mass is 79.9. The molecule has 1 unspecified atom stereocenters. The second-order valence-corrected chi connectivity index (χ2v) is 7.05. The number of hydrogen-bond donors (Lipinski definition) is 1. The Labute approximate surface area is 162 Å². The van der Waals surface area contributed by atoms with Gasteiger partial charge in [-0.1, -0.05) is 65.4 Å². The Bertz CT molecular complexity index is 781. The van der Waals surface area contributed by atoms with Crippen LogP contribution in [0.15, 0.2) is 76.9 Å². The lowest BCUT2D eigenvalue weighted by Crippen LogP contribution is -2.53. The number of rotatable bonds is 3. The number of hydrazine groups is 2. The van der Waals surface area contributed by atoms with Gasteiger partial charge in [-0.15, -0.1) is 22.1 Å². The van der Waals surface area contributed by atoms with Gasteiger partial charge in [0.15, 0.2) is 11.3 Å². The number of amidine groups is 1. The van der Waals surface area contributed by atoms with Gasteiger partial charge in [0, 0.05) is 23.7 Å². The maximum Gasteiger partial charge on any atom is 0.173 e. The highest BCUT2D eigenvalue weighted by molar-refractivity contribution is 8.93. The Balaban J connectivity index is 0.00000182. The van der Waals surface area contributed by atoms with Crippen LogP contribution in [-0.2, 0) is 0 Å². The number of benzene rings is 2. The third kappa shape index (κ3) is 3.53. The van der Waals surface area contributed by atoms with Crippen LogP contribution in [0.2, 0.25) is 0 Å². The summed E-state index contributed by atoms with van der Waals surface area (Å²) in [6.07, 6.45) is 2.15. The molecule has 1 N–H and O–H groups in total. The van der Waals surface area contributed by atoms with Crippen LogP contribution >= 0.6 is 28.7 Å². The van der Waals surface area contributed by atoms with Crippen molar-refractivity contribution in [3.8, 4) is 0 Å².